The number of anilines is 1. The summed E-state index contributed by atoms with van der Waals surface area (Å²) in [7, 11) is -4.65. The van der Waals surface area contributed by atoms with E-state index in [-0.39, 0.29) is 5.75 Å². The van der Waals surface area contributed by atoms with Crippen LogP contribution in [0.2, 0.25) is 0 Å². The van der Waals surface area contributed by atoms with Crippen molar-refractivity contribution in [1.82, 2.24) is 9.55 Å². The van der Waals surface area contributed by atoms with Gasteiger partial charge in [-0.25, -0.2) is 22.9 Å². The van der Waals surface area contributed by atoms with Crippen molar-refractivity contribution in [1.29, 1.82) is 0 Å². The number of rotatable bonds is 10. The van der Waals surface area contributed by atoms with Gasteiger partial charge in [-0.3, -0.25) is 13.6 Å². The highest BCUT2D eigenvalue weighted by Crippen LogP contribution is 2.52. The van der Waals surface area contributed by atoms with E-state index in [0.717, 1.165) is 0 Å². The maximum absolute atomic E-state index is 16.0. The Kier molecular flexibility index (Phi) is 9.47. The molecule has 0 aliphatic carbocycles. The fourth-order valence-electron chi connectivity index (χ4n) is 3.53. The zero-order valence-corrected chi connectivity index (χ0v) is 22.3. The van der Waals surface area contributed by atoms with Gasteiger partial charge in [0, 0.05) is 0 Å². The number of carbonyl (C=O) groups is 1. The van der Waals surface area contributed by atoms with Gasteiger partial charge in [0.15, 0.2) is 24.0 Å². The first-order valence-corrected chi connectivity index (χ1v) is 13.1. The number of aliphatic hydroxyl groups excluding tert-OH is 1. The number of esters is 1. The highest BCUT2D eigenvalue weighted by molar-refractivity contribution is 7.49. The lowest BCUT2D eigenvalue weighted by molar-refractivity contribution is -0.156. The third-order valence-corrected chi connectivity index (χ3v) is 6.75. The van der Waals surface area contributed by atoms with E-state index in [4.69, 9.17) is 28.8 Å². The van der Waals surface area contributed by atoms with Gasteiger partial charge < -0.3 is 24.8 Å². The minimum absolute atomic E-state index is 0.0442. The lowest BCUT2D eigenvalue weighted by atomic mass is 9.96. The first-order chi connectivity index (χ1) is 18.3. The topological polar surface area (TPSA) is 161 Å². The first kappa shape index (κ1) is 30.2. The van der Waals surface area contributed by atoms with Gasteiger partial charge in [0.1, 0.15) is 18.0 Å². The number of phosphoric acid groups is 1. The van der Waals surface area contributed by atoms with E-state index in [1.165, 1.54) is 26.0 Å². The molecule has 6 atom stereocenters. The third-order valence-electron chi connectivity index (χ3n) is 5.28. The summed E-state index contributed by atoms with van der Waals surface area (Å²) in [6.07, 6.45) is -7.05. The second-order valence-electron chi connectivity index (χ2n) is 8.66. The molecule has 2 heterocycles. The highest BCUT2D eigenvalue weighted by atomic mass is 31.2. The van der Waals surface area contributed by atoms with E-state index < -0.39 is 74.0 Å². The van der Waals surface area contributed by atoms with Gasteiger partial charge in [-0.15, -0.1) is 5.92 Å². The molecule has 1 saturated heterocycles. The number of nitrogen functional groups attached to an aromatic ring is 1. The number of ether oxygens (including phenoxy) is 2. The standard InChI is InChI=1S/C24H28F2N3O9P/c1-5-11-24(26)19(30)18(36-22(24)29-12-17(25)20(27)28-23(29)32)13-34-39(33,38-16-9-7-6-8-10-16)37-15(4)21(31)35-14(2)3/h6-10,12,14-15,18-19,22,30H,13H2,1-4H3,(H2,27,28,32)/t15-,18+,19-,22+,24?,39-/m0/s1. The maximum Gasteiger partial charge on any atom is 0.530 e. The molecule has 1 aromatic carbocycles. The van der Waals surface area contributed by atoms with Crippen LogP contribution >= 0.6 is 7.82 Å². The summed E-state index contributed by atoms with van der Waals surface area (Å²) in [6.45, 7) is 4.90. The molecule has 0 bridgehead atoms. The number of halogens is 2. The van der Waals surface area contributed by atoms with Crippen molar-refractivity contribution in [2.24, 2.45) is 0 Å². The van der Waals surface area contributed by atoms with E-state index in [0.29, 0.717) is 10.8 Å². The predicted octanol–water partition coefficient (Wildman–Crippen LogP) is 2.51. The molecule has 1 aliphatic rings. The summed E-state index contributed by atoms with van der Waals surface area (Å²) in [5.74, 6) is 1.74. The lowest BCUT2D eigenvalue weighted by Crippen LogP contribution is -2.44. The molecule has 12 nitrogen and oxygen atoms in total. The molecule has 0 saturated carbocycles. The molecule has 0 radical (unpaired) electrons. The summed E-state index contributed by atoms with van der Waals surface area (Å²) < 4.78 is 70.6. The van der Waals surface area contributed by atoms with Gasteiger partial charge in [-0.1, -0.05) is 24.1 Å². The fourth-order valence-corrected chi connectivity index (χ4v) is 4.86. The quantitative estimate of drug-likeness (QED) is 0.245. The number of benzene rings is 1. The van der Waals surface area contributed by atoms with Gasteiger partial charge in [0.2, 0.25) is 5.67 Å². The second kappa shape index (κ2) is 12.2. The van der Waals surface area contributed by atoms with Crippen LogP contribution in [-0.2, 0) is 27.9 Å². The Balaban J connectivity index is 1.88. The van der Waals surface area contributed by atoms with Crippen LogP contribution in [0.4, 0.5) is 14.6 Å². The molecule has 3 rings (SSSR count). The zero-order valence-electron chi connectivity index (χ0n) is 21.4. The summed E-state index contributed by atoms with van der Waals surface area (Å²) in [4.78, 5) is 27.9. The second-order valence-corrected chi connectivity index (χ2v) is 10.2. The molecular weight excluding hydrogens is 543 g/mol. The SMILES string of the molecule is CC#CC1(F)[C@@H](O)[C@@H](CO[P@](=O)(Oc2ccccc2)O[C@@H](C)C(=O)OC(C)C)O[C@H]1n1cc(F)c(N)nc1=O. The third kappa shape index (κ3) is 7.00. The van der Waals surface area contributed by atoms with Gasteiger partial charge >= 0.3 is 19.5 Å². The summed E-state index contributed by atoms with van der Waals surface area (Å²) in [5, 5.41) is 10.8. The van der Waals surface area contributed by atoms with Gasteiger partial charge in [-0.05, 0) is 39.8 Å². The fraction of sp³-hybridized carbons (Fsp3) is 0.458. The largest absolute Gasteiger partial charge is 0.530 e. The van der Waals surface area contributed by atoms with Crippen molar-refractivity contribution in [2.75, 3.05) is 12.3 Å². The number of nitrogens with zero attached hydrogens (tertiary/aromatic N) is 2. The van der Waals surface area contributed by atoms with Crippen molar-refractivity contribution in [3.05, 3.63) is 52.8 Å². The Morgan fingerprint density at radius 2 is 2.00 bits per heavy atom. The Labute approximate surface area is 222 Å². The van der Waals surface area contributed by atoms with Crippen molar-refractivity contribution >= 4 is 19.6 Å². The summed E-state index contributed by atoms with van der Waals surface area (Å²) in [5.41, 5.74) is 1.17. The lowest BCUT2D eigenvalue weighted by Gasteiger charge is -2.24. The molecule has 1 fully saturated rings. The molecule has 212 valence electrons. The number of hydrogen-bond acceptors (Lipinski definition) is 11. The number of para-hydroxylation sites is 1. The number of aliphatic hydroxyl groups is 1. The zero-order chi connectivity index (χ0) is 29.0. The summed E-state index contributed by atoms with van der Waals surface area (Å²) in [6, 6.07) is 7.68. The van der Waals surface area contributed by atoms with E-state index in [9.17, 15) is 23.7 Å². The number of aromatic nitrogens is 2. The van der Waals surface area contributed by atoms with Crippen molar-refractivity contribution in [3.63, 3.8) is 0 Å². The molecule has 39 heavy (non-hydrogen) atoms. The maximum atomic E-state index is 16.0. The van der Waals surface area contributed by atoms with Crippen LogP contribution in [0.3, 0.4) is 0 Å². The van der Waals surface area contributed by atoms with Crippen molar-refractivity contribution in [2.45, 2.75) is 64.0 Å². The first-order valence-electron chi connectivity index (χ1n) is 11.7. The molecular formula is C24H28F2N3O9P. The Morgan fingerprint density at radius 1 is 1.33 bits per heavy atom. The Morgan fingerprint density at radius 3 is 2.62 bits per heavy atom. The van der Waals surface area contributed by atoms with Crippen LogP contribution in [0.5, 0.6) is 5.75 Å². The average molecular weight is 571 g/mol. The normalized spacial score (nSPS) is 24.9. The van der Waals surface area contributed by atoms with E-state index >= 15 is 4.39 Å². The van der Waals surface area contributed by atoms with Crippen molar-refractivity contribution in [3.8, 4) is 17.6 Å². The van der Waals surface area contributed by atoms with Gasteiger partial charge in [0.05, 0.1) is 18.9 Å². The average Bonchev–Trinajstić information content (AvgIpc) is 3.10. The molecule has 0 spiro atoms. The number of nitrogens with two attached hydrogens (primary N) is 1. The molecule has 2 aromatic rings. The monoisotopic (exact) mass is 571 g/mol. The molecule has 3 N–H and O–H groups in total. The van der Waals surface area contributed by atoms with Crippen LogP contribution < -0.4 is 15.9 Å². The van der Waals surface area contributed by atoms with Crippen molar-refractivity contribution < 1.29 is 46.3 Å². The minimum Gasteiger partial charge on any atom is -0.461 e. The molecule has 1 unspecified atom stereocenters. The Hall–Kier alpha value is -3.34. The van der Waals surface area contributed by atoms with E-state index in [1.54, 1.807) is 32.0 Å². The number of phosphoric ester groups is 1. The van der Waals surface area contributed by atoms with Crippen LogP contribution in [-0.4, -0.2) is 57.3 Å². The molecule has 15 heteroatoms. The molecule has 0 amide bonds. The predicted molar refractivity (Wildman–Crippen MR) is 132 cm³/mol. The van der Waals surface area contributed by atoms with E-state index in [2.05, 4.69) is 16.8 Å². The summed E-state index contributed by atoms with van der Waals surface area (Å²) >= 11 is 0. The molecule has 1 aromatic heterocycles. The smallest absolute Gasteiger partial charge is 0.461 e. The molecule has 1 aliphatic heterocycles. The minimum atomic E-state index is -4.65. The van der Waals surface area contributed by atoms with Crippen LogP contribution in [0.15, 0.2) is 41.3 Å². The van der Waals surface area contributed by atoms with Crippen LogP contribution in [0.1, 0.15) is 33.9 Å². The van der Waals surface area contributed by atoms with Crippen LogP contribution in [0, 0.1) is 17.7 Å². The number of hydrogen-bond donors (Lipinski definition) is 2. The number of alkyl halides is 1. The highest BCUT2D eigenvalue weighted by Gasteiger charge is 2.58. The number of carbonyl (C=O) groups excluding carboxylic acids is 1. The van der Waals surface area contributed by atoms with Gasteiger partial charge in [0.25, 0.3) is 0 Å². The van der Waals surface area contributed by atoms with E-state index in [1.807, 2.05) is 0 Å². The Bertz CT molecular complexity index is 1350. The van der Waals surface area contributed by atoms with Crippen LogP contribution in [0.25, 0.3) is 0 Å². The van der Waals surface area contributed by atoms with Gasteiger partial charge in [-0.2, -0.15) is 4.98 Å².